The van der Waals surface area contributed by atoms with Gasteiger partial charge in [-0.15, -0.1) is 5.10 Å². The fourth-order valence-corrected chi connectivity index (χ4v) is 3.99. The molecule has 0 fully saturated rings. The van der Waals surface area contributed by atoms with Crippen LogP contribution < -0.4 is 15.7 Å². The molecule has 0 saturated carbocycles. The number of anilines is 1. The Bertz CT molecular complexity index is 1610. The summed E-state index contributed by atoms with van der Waals surface area (Å²) in [6.45, 7) is 6.63. The Balaban J connectivity index is 1.39. The number of nitrogens with one attached hydrogen (secondary N) is 1. The van der Waals surface area contributed by atoms with Crippen LogP contribution in [0.5, 0.6) is 5.75 Å². The van der Waals surface area contributed by atoms with Gasteiger partial charge in [-0.3, -0.25) is 4.79 Å². The van der Waals surface area contributed by atoms with Crippen molar-refractivity contribution < 1.29 is 9.53 Å². The topological polar surface area (TPSA) is 94.9 Å². The van der Waals surface area contributed by atoms with E-state index in [1.165, 1.54) is 9.08 Å². The van der Waals surface area contributed by atoms with Gasteiger partial charge in [0.2, 0.25) is 5.91 Å². The number of aryl methyl sites for hydroxylation is 2. The van der Waals surface area contributed by atoms with Crippen molar-refractivity contribution >= 4 is 22.8 Å². The smallest absolute Gasteiger partial charge is 0.350 e. The van der Waals surface area contributed by atoms with E-state index in [2.05, 4.69) is 22.4 Å². The molecular formula is C27H28N6O3. The lowest BCUT2D eigenvalue weighted by atomic mass is 10.1. The Morgan fingerprint density at radius 2 is 1.81 bits per heavy atom. The van der Waals surface area contributed by atoms with Gasteiger partial charge in [0.15, 0.2) is 5.65 Å². The predicted molar refractivity (Wildman–Crippen MR) is 139 cm³/mol. The highest BCUT2D eigenvalue weighted by molar-refractivity contribution is 5.90. The SMILES string of the molecule is CCCCOc1ccc(-c2cc3c4nn(CC(=O)Nc5ccc(C)c(C)c5)c(=O)n4ccn3n2)cc1. The lowest BCUT2D eigenvalue weighted by Gasteiger charge is -2.07. The molecule has 0 bridgehead atoms. The van der Waals surface area contributed by atoms with Crippen LogP contribution in [0.1, 0.15) is 30.9 Å². The van der Waals surface area contributed by atoms with Gasteiger partial charge in [0.1, 0.15) is 17.8 Å². The molecule has 0 saturated heterocycles. The third-order valence-electron chi connectivity index (χ3n) is 6.19. The van der Waals surface area contributed by atoms with E-state index < -0.39 is 0 Å². The van der Waals surface area contributed by atoms with E-state index in [0.717, 1.165) is 41.0 Å². The van der Waals surface area contributed by atoms with Gasteiger partial charge in [-0.2, -0.15) is 5.10 Å². The monoisotopic (exact) mass is 484 g/mol. The molecule has 0 aliphatic rings. The van der Waals surface area contributed by atoms with Crippen LogP contribution in [-0.4, -0.2) is 36.3 Å². The third-order valence-corrected chi connectivity index (χ3v) is 6.19. The number of rotatable bonds is 8. The number of unbranched alkanes of at least 4 members (excludes halogenated alkanes) is 1. The Hall–Kier alpha value is -4.40. The maximum atomic E-state index is 12.9. The average Bonchev–Trinajstić information content (AvgIpc) is 3.43. The normalized spacial score (nSPS) is 11.3. The van der Waals surface area contributed by atoms with Crippen molar-refractivity contribution in [2.45, 2.75) is 40.2 Å². The molecular weight excluding hydrogens is 456 g/mol. The second kappa shape index (κ2) is 9.69. The van der Waals surface area contributed by atoms with Crippen LogP contribution in [-0.2, 0) is 11.3 Å². The molecule has 0 unspecified atom stereocenters. The lowest BCUT2D eigenvalue weighted by Crippen LogP contribution is -2.28. The van der Waals surface area contributed by atoms with Crippen LogP contribution >= 0.6 is 0 Å². The van der Waals surface area contributed by atoms with Gasteiger partial charge < -0.3 is 10.1 Å². The Labute approximate surface area is 207 Å². The zero-order valence-corrected chi connectivity index (χ0v) is 20.6. The number of hydrogen-bond acceptors (Lipinski definition) is 5. The van der Waals surface area contributed by atoms with Crippen LogP contribution in [0.25, 0.3) is 22.4 Å². The molecule has 3 aromatic heterocycles. The Kier molecular flexibility index (Phi) is 6.28. The average molecular weight is 485 g/mol. The summed E-state index contributed by atoms with van der Waals surface area (Å²) in [5, 5.41) is 11.9. The number of benzene rings is 2. The van der Waals surface area contributed by atoms with Crippen molar-refractivity contribution in [2.24, 2.45) is 0 Å². The summed E-state index contributed by atoms with van der Waals surface area (Å²) in [5.41, 5.74) is 5.29. The molecule has 3 heterocycles. The number of nitrogens with zero attached hydrogens (tertiary/aromatic N) is 5. The first-order valence-corrected chi connectivity index (χ1v) is 12.0. The van der Waals surface area contributed by atoms with Gasteiger partial charge in [-0.05, 0) is 73.9 Å². The summed E-state index contributed by atoms with van der Waals surface area (Å²) in [7, 11) is 0. The van der Waals surface area contributed by atoms with Crippen molar-refractivity contribution in [1.29, 1.82) is 0 Å². The van der Waals surface area contributed by atoms with Gasteiger partial charge >= 0.3 is 5.69 Å². The van der Waals surface area contributed by atoms with Crippen LogP contribution in [0.3, 0.4) is 0 Å². The molecule has 9 nitrogen and oxygen atoms in total. The zero-order valence-electron chi connectivity index (χ0n) is 20.6. The summed E-state index contributed by atoms with van der Waals surface area (Å²) in [6.07, 6.45) is 5.42. The summed E-state index contributed by atoms with van der Waals surface area (Å²) in [4.78, 5) is 25.5. The molecule has 2 aromatic carbocycles. The van der Waals surface area contributed by atoms with Crippen molar-refractivity contribution in [2.75, 3.05) is 11.9 Å². The zero-order chi connectivity index (χ0) is 25.2. The molecule has 0 aliphatic heterocycles. The summed E-state index contributed by atoms with van der Waals surface area (Å²) in [6, 6.07) is 15.4. The maximum absolute atomic E-state index is 12.9. The third kappa shape index (κ3) is 4.59. The Morgan fingerprint density at radius 1 is 1.00 bits per heavy atom. The molecule has 5 rings (SSSR count). The first kappa shape index (κ1) is 23.3. The molecule has 184 valence electrons. The molecule has 5 aromatic rings. The summed E-state index contributed by atoms with van der Waals surface area (Å²) in [5.74, 6) is 0.498. The van der Waals surface area contributed by atoms with E-state index in [4.69, 9.17) is 4.74 Å². The van der Waals surface area contributed by atoms with E-state index >= 15 is 0 Å². The molecule has 9 heteroatoms. The standard InChI is InChI=1S/C27H28N6O3/c1-4-5-14-36-22-10-7-20(8-11-22)23-16-24-26-30-33(27(35)31(26)12-13-32(24)29-23)17-25(34)28-21-9-6-18(2)19(3)15-21/h6-13,15-16H,4-5,14,17H2,1-3H3,(H,28,34). The predicted octanol–water partition coefficient (Wildman–Crippen LogP) is 4.25. The molecule has 1 amide bonds. The number of carbonyl (C=O) groups is 1. The number of ether oxygens (including phenoxy) is 1. The van der Waals surface area contributed by atoms with Crippen LogP contribution in [0, 0.1) is 13.8 Å². The van der Waals surface area contributed by atoms with Gasteiger partial charge in [-0.1, -0.05) is 19.4 Å². The molecule has 0 radical (unpaired) electrons. The molecule has 0 aliphatic carbocycles. The second-order valence-corrected chi connectivity index (χ2v) is 8.86. The first-order chi connectivity index (χ1) is 17.4. The lowest BCUT2D eigenvalue weighted by molar-refractivity contribution is -0.117. The van der Waals surface area contributed by atoms with Crippen molar-refractivity contribution in [1.82, 2.24) is 23.8 Å². The first-order valence-electron chi connectivity index (χ1n) is 12.0. The number of hydrogen-bond donors (Lipinski definition) is 1. The van der Waals surface area contributed by atoms with Gasteiger partial charge in [0, 0.05) is 23.6 Å². The minimum Gasteiger partial charge on any atom is -0.494 e. The number of carbonyl (C=O) groups excluding carboxylic acids is 1. The second-order valence-electron chi connectivity index (χ2n) is 8.86. The molecule has 0 atom stereocenters. The van der Waals surface area contributed by atoms with E-state index in [9.17, 15) is 9.59 Å². The fraction of sp³-hybridized carbons (Fsp3) is 0.259. The highest BCUT2D eigenvalue weighted by Gasteiger charge is 2.15. The highest BCUT2D eigenvalue weighted by atomic mass is 16.5. The fourth-order valence-electron chi connectivity index (χ4n) is 3.99. The van der Waals surface area contributed by atoms with E-state index in [1.807, 2.05) is 62.4 Å². The van der Waals surface area contributed by atoms with Crippen molar-refractivity contribution in [3.8, 4) is 17.0 Å². The number of amides is 1. The van der Waals surface area contributed by atoms with Gasteiger partial charge in [0.05, 0.1) is 12.3 Å². The molecule has 0 spiro atoms. The van der Waals surface area contributed by atoms with Crippen LogP contribution in [0.4, 0.5) is 5.69 Å². The number of aromatic nitrogens is 5. The van der Waals surface area contributed by atoms with Crippen LogP contribution in [0.2, 0.25) is 0 Å². The molecule has 1 N–H and O–H groups in total. The largest absolute Gasteiger partial charge is 0.494 e. The minimum absolute atomic E-state index is 0.194. The van der Waals surface area contributed by atoms with Gasteiger partial charge in [-0.25, -0.2) is 18.4 Å². The van der Waals surface area contributed by atoms with Crippen LogP contribution in [0.15, 0.2) is 65.7 Å². The van der Waals surface area contributed by atoms with E-state index in [-0.39, 0.29) is 18.1 Å². The number of fused-ring (bicyclic) bond motifs is 3. The minimum atomic E-state index is -0.390. The maximum Gasteiger partial charge on any atom is 0.350 e. The molecule has 36 heavy (non-hydrogen) atoms. The summed E-state index contributed by atoms with van der Waals surface area (Å²) >= 11 is 0. The Morgan fingerprint density at radius 3 is 2.56 bits per heavy atom. The quantitative estimate of drug-likeness (QED) is 0.332. The van der Waals surface area contributed by atoms with E-state index in [0.29, 0.717) is 23.5 Å². The van der Waals surface area contributed by atoms with Crippen molar-refractivity contribution in [3.63, 3.8) is 0 Å². The summed E-state index contributed by atoms with van der Waals surface area (Å²) < 4.78 is 10.0. The van der Waals surface area contributed by atoms with Gasteiger partial charge in [0.25, 0.3) is 0 Å². The highest BCUT2D eigenvalue weighted by Crippen LogP contribution is 2.24. The van der Waals surface area contributed by atoms with Crippen molar-refractivity contribution in [3.05, 3.63) is 82.5 Å². The van der Waals surface area contributed by atoms with E-state index in [1.54, 1.807) is 16.9 Å².